The number of nitrogens with zero attached hydrogens (tertiary/aromatic N) is 2. The predicted octanol–water partition coefficient (Wildman–Crippen LogP) is 2.39. The molecule has 1 aliphatic rings. The molecule has 0 atom stereocenters. The van der Waals surface area contributed by atoms with Gasteiger partial charge in [-0.1, -0.05) is 0 Å². The van der Waals surface area contributed by atoms with Crippen LogP contribution in [0, 0.1) is 4.91 Å². The van der Waals surface area contributed by atoms with E-state index in [1.54, 1.807) is 6.20 Å². The van der Waals surface area contributed by atoms with E-state index in [0.717, 1.165) is 16.4 Å². The molecule has 13 heavy (non-hydrogen) atoms. The molecule has 4 nitrogen and oxygen atoms in total. The van der Waals surface area contributed by atoms with Crippen LogP contribution in [0.25, 0.3) is 0 Å². The second-order valence-electron chi connectivity index (χ2n) is 2.58. The van der Waals surface area contributed by atoms with Gasteiger partial charge in [-0.25, -0.2) is 0 Å². The Labute approximate surface area is 82.7 Å². The van der Waals surface area contributed by atoms with Crippen molar-refractivity contribution < 1.29 is 4.74 Å². The van der Waals surface area contributed by atoms with E-state index in [2.05, 4.69) is 26.1 Å². The average molecular weight is 241 g/mol. The zero-order valence-corrected chi connectivity index (χ0v) is 8.11. The molecule has 0 bridgehead atoms. The van der Waals surface area contributed by atoms with E-state index in [1.807, 2.05) is 6.07 Å². The SMILES string of the molecule is O=N/C=C1\Cc2ncc(Br)cc2O1. The van der Waals surface area contributed by atoms with Crippen molar-refractivity contribution in [2.45, 2.75) is 6.42 Å². The molecule has 0 fully saturated rings. The van der Waals surface area contributed by atoms with Gasteiger partial charge in [0.25, 0.3) is 0 Å². The highest BCUT2D eigenvalue weighted by Crippen LogP contribution is 2.31. The van der Waals surface area contributed by atoms with Crippen molar-refractivity contribution in [2.24, 2.45) is 5.18 Å². The Bertz CT molecular complexity index is 390. The number of halogens is 1. The molecule has 1 aromatic rings. The average Bonchev–Trinajstić information content (AvgIpc) is 2.46. The number of aromatic nitrogens is 1. The maximum Gasteiger partial charge on any atom is 0.150 e. The maximum absolute atomic E-state index is 9.94. The number of hydrogen-bond acceptors (Lipinski definition) is 4. The summed E-state index contributed by atoms with van der Waals surface area (Å²) in [6.45, 7) is 0. The summed E-state index contributed by atoms with van der Waals surface area (Å²) in [6.07, 6.45) is 3.39. The first-order valence-corrected chi connectivity index (χ1v) is 4.42. The lowest BCUT2D eigenvalue weighted by atomic mass is 10.3. The van der Waals surface area contributed by atoms with Crippen molar-refractivity contribution in [3.8, 4) is 5.75 Å². The molecule has 0 saturated carbocycles. The zero-order valence-electron chi connectivity index (χ0n) is 6.53. The van der Waals surface area contributed by atoms with Gasteiger partial charge < -0.3 is 4.74 Å². The lowest BCUT2D eigenvalue weighted by Gasteiger charge is -1.96. The monoisotopic (exact) mass is 240 g/mol. The molecular formula is C8H5BrN2O2. The van der Waals surface area contributed by atoms with Crippen LogP contribution < -0.4 is 4.74 Å². The van der Waals surface area contributed by atoms with Gasteiger partial charge in [0.05, 0.1) is 12.1 Å². The minimum absolute atomic E-state index is 0.536. The molecule has 1 aromatic heterocycles. The van der Waals surface area contributed by atoms with Crippen molar-refractivity contribution in [1.29, 1.82) is 0 Å². The second kappa shape index (κ2) is 3.26. The van der Waals surface area contributed by atoms with Crippen molar-refractivity contribution in [1.82, 2.24) is 4.98 Å². The summed E-state index contributed by atoms with van der Waals surface area (Å²) in [5.74, 6) is 1.22. The molecule has 5 heteroatoms. The summed E-state index contributed by atoms with van der Waals surface area (Å²) >= 11 is 3.28. The van der Waals surface area contributed by atoms with Crippen LogP contribution in [0.2, 0.25) is 0 Å². The van der Waals surface area contributed by atoms with Crippen molar-refractivity contribution in [3.05, 3.63) is 39.3 Å². The van der Waals surface area contributed by atoms with Crippen LogP contribution in [0.5, 0.6) is 5.75 Å². The van der Waals surface area contributed by atoms with E-state index >= 15 is 0 Å². The topological polar surface area (TPSA) is 51.5 Å². The number of allylic oxidation sites excluding steroid dienone is 1. The molecule has 0 radical (unpaired) electrons. The molecule has 0 N–H and O–H groups in total. The van der Waals surface area contributed by atoms with E-state index in [-0.39, 0.29) is 0 Å². The molecule has 0 amide bonds. The molecule has 0 saturated heterocycles. The standard InChI is InChI=1S/C8H5BrN2O2/c9-5-1-8-7(10-3-5)2-6(13-8)4-11-12/h1,3-4H,2H2/b6-4+. The molecular weight excluding hydrogens is 236 g/mol. The number of pyridine rings is 1. The summed E-state index contributed by atoms with van der Waals surface area (Å²) in [6, 6.07) is 1.81. The van der Waals surface area contributed by atoms with E-state index in [0.29, 0.717) is 17.9 Å². The van der Waals surface area contributed by atoms with E-state index < -0.39 is 0 Å². The zero-order chi connectivity index (χ0) is 9.26. The van der Waals surface area contributed by atoms with Crippen LogP contribution in [0.15, 0.2) is 33.9 Å². The highest BCUT2D eigenvalue weighted by molar-refractivity contribution is 9.10. The number of hydrogen-bond donors (Lipinski definition) is 0. The van der Waals surface area contributed by atoms with Gasteiger partial charge in [0.1, 0.15) is 17.7 Å². The minimum Gasteiger partial charge on any atom is -0.458 e. The number of fused-ring (bicyclic) bond motifs is 1. The highest BCUT2D eigenvalue weighted by Gasteiger charge is 2.18. The predicted molar refractivity (Wildman–Crippen MR) is 50.1 cm³/mol. The Morgan fingerprint density at radius 2 is 2.54 bits per heavy atom. The third-order valence-corrected chi connectivity index (χ3v) is 2.11. The largest absolute Gasteiger partial charge is 0.458 e. The van der Waals surface area contributed by atoms with Crippen molar-refractivity contribution in [3.63, 3.8) is 0 Å². The molecule has 2 rings (SSSR count). The Morgan fingerprint density at radius 1 is 1.69 bits per heavy atom. The fraction of sp³-hybridized carbons (Fsp3) is 0.125. The van der Waals surface area contributed by atoms with Crippen LogP contribution in [-0.4, -0.2) is 4.98 Å². The minimum atomic E-state index is 0.536. The second-order valence-corrected chi connectivity index (χ2v) is 3.49. The number of rotatable bonds is 1. The fourth-order valence-electron chi connectivity index (χ4n) is 1.14. The first-order chi connectivity index (χ1) is 6.29. The number of nitroso groups, excluding NO2 is 1. The van der Waals surface area contributed by atoms with Gasteiger partial charge in [0.2, 0.25) is 0 Å². The summed E-state index contributed by atoms with van der Waals surface area (Å²) < 4.78 is 6.16. The Hall–Kier alpha value is -1.23. The molecule has 0 aromatic carbocycles. The van der Waals surface area contributed by atoms with Crippen LogP contribution >= 0.6 is 15.9 Å². The Kier molecular flexibility index (Phi) is 2.10. The van der Waals surface area contributed by atoms with Gasteiger partial charge in [-0.05, 0) is 27.2 Å². The fourth-order valence-corrected chi connectivity index (χ4v) is 1.45. The van der Waals surface area contributed by atoms with Gasteiger partial charge in [0.15, 0.2) is 0 Å². The van der Waals surface area contributed by atoms with E-state index in [4.69, 9.17) is 4.74 Å². The van der Waals surface area contributed by atoms with E-state index in [1.165, 1.54) is 0 Å². The quantitative estimate of drug-likeness (QED) is 0.709. The van der Waals surface area contributed by atoms with Crippen molar-refractivity contribution in [2.75, 3.05) is 0 Å². The number of ether oxygens (including phenoxy) is 1. The molecule has 0 unspecified atom stereocenters. The third kappa shape index (κ3) is 1.60. The Morgan fingerprint density at radius 3 is 3.31 bits per heavy atom. The van der Waals surface area contributed by atoms with Gasteiger partial charge in [-0.15, -0.1) is 4.91 Å². The lowest BCUT2D eigenvalue weighted by Crippen LogP contribution is -1.85. The first kappa shape index (κ1) is 8.37. The van der Waals surface area contributed by atoms with Gasteiger partial charge in [0, 0.05) is 10.7 Å². The van der Waals surface area contributed by atoms with E-state index in [9.17, 15) is 4.91 Å². The lowest BCUT2D eigenvalue weighted by molar-refractivity contribution is 0.444. The van der Waals surface area contributed by atoms with Crippen LogP contribution in [0.4, 0.5) is 0 Å². The summed E-state index contributed by atoms with van der Waals surface area (Å²) in [4.78, 5) is 14.1. The molecule has 66 valence electrons. The third-order valence-electron chi connectivity index (χ3n) is 1.68. The van der Waals surface area contributed by atoms with Gasteiger partial charge in [-0.2, -0.15) is 0 Å². The summed E-state index contributed by atoms with van der Waals surface area (Å²) in [5.41, 5.74) is 0.832. The molecule has 0 aliphatic carbocycles. The maximum atomic E-state index is 9.94. The van der Waals surface area contributed by atoms with Crippen LogP contribution in [0.3, 0.4) is 0 Å². The summed E-state index contributed by atoms with van der Waals surface area (Å²) in [7, 11) is 0. The summed E-state index contributed by atoms with van der Waals surface area (Å²) in [5, 5.41) is 2.65. The Balaban J connectivity index is 2.35. The molecule has 1 aliphatic heterocycles. The van der Waals surface area contributed by atoms with Gasteiger partial charge in [-0.3, -0.25) is 4.98 Å². The highest BCUT2D eigenvalue weighted by atomic mass is 79.9. The normalized spacial score (nSPS) is 16.8. The van der Waals surface area contributed by atoms with Gasteiger partial charge >= 0.3 is 0 Å². The van der Waals surface area contributed by atoms with Crippen LogP contribution in [0.1, 0.15) is 5.69 Å². The van der Waals surface area contributed by atoms with Crippen molar-refractivity contribution >= 4 is 15.9 Å². The smallest absolute Gasteiger partial charge is 0.150 e. The first-order valence-electron chi connectivity index (χ1n) is 3.63. The molecule has 2 heterocycles. The molecule has 0 spiro atoms. The van der Waals surface area contributed by atoms with Crippen LogP contribution in [-0.2, 0) is 6.42 Å².